The van der Waals surface area contributed by atoms with Gasteiger partial charge in [0, 0.05) is 17.0 Å². The van der Waals surface area contributed by atoms with Crippen molar-refractivity contribution in [2.75, 3.05) is 26.7 Å². The van der Waals surface area contributed by atoms with Crippen molar-refractivity contribution in [2.45, 2.75) is 25.7 Å². The number of methoxy groups -OCH3 is 3. The number of rotatable bonds is 8. The van der Waals surface area contributed by atoms with Crippen LogP contribution in [0.5, 0.6) is 23.0 Å². The molecule has 0 fully saturated rings. The molecule has 5 heteroatoms. The van der Waals surface area contributed by atoms with Crippen LogP contribution in [0.3, 0.4) is 0 Å². The van der Waals surface area contributed by atoms with Gasteiger partial charge in [-0.1, -0.05) is 22.4 Å². The molecule has 1 aromatic rings. The highest BCUT2D eigenvalue weighted by molar-refractivity contribution is 9.09. The van der Waals surface area contributed by atoms with Crippen LogP contribution in [-0.4, -0.2) is 31.8 Å². The predicted octanol–water partition coefficient (Wildman–Crippen LogP) is 3.53. The van der Waals surface area contributed by atoms with Gasteiger partial charge in [-0.15, -0.1) is 0 Å². The van der Waals surface area contributed by atoms with Crippen molar-refractivity contribution in [2.24, 2.45) is 0 Å². The average molecular weight is 333 g/mol. The Balaban J connectivity index is 3.00. The molecule has 0 amide bonds. The maximum atomic E-state index is 10.3. The number of phenols is 1. The molecule has 0 atom stereocenters. The van der Waals surface area contributed by atoms with Gasteiger partial charge in [0.25, 0.3) is 0 Å². The highest BCUT2D eigenvalue weighted by atomic mass is 79.9. The molecule has 0 aromatic heterocycles. The minimum absolute atomic E-state index is 0.109. The molecule has 1 rings (SSSR count). The number of phenolic OH excluding ortho intramolecular Hbond substituents is 1. The lowest BCUT2D eigenvalue weighted by Crippen LogP contribution is -1.99. The molecule has 1 aromatic carbocycles. The van der Waals surface area contributed by atoms with Crippen LogP contribution in [0.2, 0.25) is 0 Å². The Labute approximate surface area is 122 Å². The van der Waals surface area contributed by atoms with Crippen LogP contribution < -0.4 is 14.2 Å². The number of halogens is 1. The molecule has 0 saturated heterocycles. The van der Waals surface area contributed by atoms with Crippen LogP contribution in [0.4, 0.5) is 0 Å². The number of ether oxygens (including phenoxy) is 3. The SMILES string of the molecule is COc1cc(OC)c(OC)c(O)c1CCCCCBr. The summed E-state index contributed by atoms with van der Waals surface area (Å²) in [4.78, 5) is 0. The minimum atomic E-state index is 0.109. The lowest BCUT2D eigenvalue weighted by molar-refractivity contribution is 0.323. The van der Waals surface area contributed by atoms with E-state index in [2.05, 4.69) is 15.9 Å². The first kappa shape index (κ1) is 16.0. The molecule has 1 N–H and O–H groups in total. The van der Waals surface area contributed by atoms with Crippen LogP contribution in [0.25, 0.3) is 0 Å². The third-order valence-corrected chi connectivity index (χ3v) is 3.55. The van der Waals surface area contributed by atoms with E-state index < -0.39 is 0 Å². The van der Waals surface area contributed by atoms with Crippen LogP contribution >= 0.6 is 15.9 Å². The van der Waals surface area contributed by atoms with Crippen molar-refractivity contribution in [3.05, 3.63) is 11.6 Å². The topological polar surface area (TPSA) is 47.9 Å². The third kappa shape index (κ3) is 3.93. The van der Waals surface area contributed by atoms with Gasteiger partial charge in [-0.3, -0.25) is 0 Å². The molecule has 108 valence electrons. The summed E-state index contributed by atoms with van der Waals surface area (Å²) in [6, 6.07) is 1.75. The smallest absolute Gasteiger partial charge is 0.203 e. The maximum Gasteiger partial charge on any atom is 0.203 e. The number of aromatic hydroxyl groups is 1. The van der Waals surface area contributed by atoms with Gasteiger partial charge in [0.15, 0.2) is 11.5 Å². The van der Waals surface area contributed by atoms with Gasteiger partial charge in [-0.2, -0.15) is 0 Å². The summed E-state index contributed by atoms with van der Waals surface area (Å²) in [5.74, 6) is 1.58. The van der Waals surface area contributed by atoms with Crippen LogP contribution in [0, 0.1) is 0 Å². The van der Waals surface area contributed by atoms with Gasteiger partial charge in [0.1, 0.15) is 5.75 Å². The van der Waals surface area contributed by atoms with Crippen LogP contribution in [0.1, 0.15) is 24.8 Å². The summed E-state index contributed by atoms with van der Waals surface area (Å²) in [7, 11) is 4.63. The monoisotopic (exact) mass is 332 g/mol. The first-order chi connectivity index (χ1) is 9.19. The molecular weight excluding hydrogens is 312 g/mol. The first-order valence-corrected chi connectivity index (χ1v) is 7.38. The fourth-order valence-electron chi connectivity index (χ4n) is 1.99. The zero-order valence-corrected chi connectivity index (χ0v) is 13.2. The molecule has 0 heterocycles. The van der Waals surface area contributed by atoms with Crippen molar-refractivity contribution >= 4 is 15.9 Å². The molecular formula is C14H21BrO4. The van der Waals surface area contributed by atoms with Crippen LogP contribution in [0.15, 0.2) is 6.07 Å². The van der Waals surface area contributed by atoms with E-state index in [1.807, 2.05) is 0 Å². The fraction of sp³-hybridized carbons (Fsp3) is 0.571. The quantitative estimate of drug-likeness (QED) is 0.584. The molecule has 0 radical (unpaired) electrons. The largest absolute Gasteiger partial charge is 0.504 e. The number of benzene rings is 1. The maximum absolute atomic E-state index is 10.3. The summed E-state index contributed by atoms with van der Waals surface area (Å²) in [6.07, 6.45) is 3.96. The second-order valence-electron chi connectivity index (χ2n) is 4.14. The summed E-state index contributed by atoms with van der Waals surface area (Å²) in [5, 5.41) is 11.3. The highest BCUT2D eigenvalue weighted by Gasteiger charge is 2.19. The first-order valence-electron chi connectivity index (χ1n) is 6.26. The van der Waals surface area contributed by atoms with E-state index in [1.54, 1.807) is 13.2 Å². The molecule has 0 aliphatic heterocycles. The summed E-state index contributed by atoms with van der Waals surface area (Å²) >= 11 is 3.41. The average Bonchev–Trinajstić information content (AvgIpc) is 2.44. The van der Waals surface area contributed by atoms with Crippen molar-refractivity contribution in [1.82, 2.24) is 0 Å². The Hall–Kier alpha value is -1.10. The Bertz CT molecular complexity index is 407. The molecule has 0 saturated carbocycles. The van der Waals surface area contributed by atoms with E-state index in [0.29, 0.717) is 17.2 Å². The number of alkyl halides is 1. The minimum Gasteiger partial charge on any atom is -0.504 e. The second kappa shape index (κ2) is 8.15. The van der Waals surface area contributed by atoms with E-state index in [9.17, 15) is 5.11 Å². The summed E-state index contributed by atoms with van der Waals surface area (Å²) in [5.41, 5.74) is 0.773. The Kier molecular flexibility index (Phi) is 6.84. The fourth-order valence-corrected chi connectivity index (χ4v) is 2.38. The van der Waals surface area contributed by atoms with Crippen molar-refractivity contribution in [3.8, 4) is 23.0 Å². The van der Waals surface area contributed by atoms with E-state index in [4.69, 9.17) is 14.2 Å². The lowest BCUT2D eigenvalue weighted by atomic mass is 10.0. The normalized spacial score (nSPS) is 10.3. The zero-order chi connectivity index (χ0) is 14.3. The molecule has 0 spiro atoms. The molecule has 0 unspecified atom stereocenters. The van der Waals surface area contributed by atoms with E-state index in [-0.39, 0.29) is 5.75 Å². The van der Waals surface area contributed by atoms with Crippen molar-refractivity contribution in [3.63, 3.8) is 0 Å². The van der Waals surface area contributed by atoms with Gasteiger partial charge < -0.3 is 19.3 Å². The van der Waals surface area contributed by atoms with Gasteiger partial charge >= 0.3 is 0 Å². The van der Waals surface area contributed by atoms with E-state index in [0.717, 1.165) is 36.6 Å². The number of unbranched alkanes of at least 4 members (excludes halogenated alkanes) is 2. The Morgan fingerprint density at radius 2 is 1.68 bits per heavy atom. The molecule has 0 aliphatic carbocycles. The Morgan fingerprint density at radius 1 is 1.00 bits per heavy atom. The van der Waals surface area contributed by atoms with Gasteiger partial charge in [0.05, 0.1) is 21.3 Å². The zero-order valence-electron chi connectivity index (χ0n) is 11.7. The number of hydrogen-bond donors (Lipinski definition) is 1. The van der Waals surface area contributed by atoms with Crippen molar-refractivity contribution < 1.29 is 19.3 Å². The summed E-state index contributed by atoms with van der Waals surface area (Å²) in [6.45, 7) is 0. The second-order valence-corrected chi connectivity index (χ2v) is 4.93. The molecule has 0 bridgehead atoms. The van der Waals surface area contributed by atoms with Crippen molar-refractivity contribution in [1.29, 1.82) is 0 Å². The lowest BCUT2D eigenvalue weighted by Gasteiger charge is -2.16. The van der Waals surface area contributed by atoms with E-state index in [1.165, 1.54) is 14.2 Å². The van der Waals surface area contributed by atoms with Gasteiger partial charge in [0.2, 0.25) is 5.75 Å². The predicted molar refractivity (Wildman–Crippen MR) is 79.1 cm³/mol. The highest BCUT2D eigenvalue weighted by Crippen LogP contribution is 2.44. The summed E-state index contributed by atoms with van der Waals surface area (Å²) < 4.78 is 15.7. The molecule has 19 heavy (non-hydrogen) atoms. The Morgan fingerprint density at radius 3 is 2.21 bits per heavy atom. The van der Waals surface area contributed by atoms with E-state index >= 15 is 0 Å². The third-order valence-electron chi connectivity index (χ3n) is 2.99. The number of hydrogen-bond acceptors (Lipinski definition) is 4. The molecule has 4 nitrogen and oxygen atoms in total. The van der Waals surface area contributed by atoms with Gasteiger partial charge in [-0.05, 0) is 19.3 Å². The van der Waals surface area contributed by atoms with Crippen LogP contribution in [-0.2, 0) is 6.42 Å². The van der Waals surface area contributed by atoms with Gasteiger partial charge in [-0.25, -0.2) is 0 Å². The molecule has 0 aliphatic rings. The standard InChI is InChI=1S/C14H21BrO4/c1-17-11-9-12(18-2)14(19-3)13(16)10(11)7-5-4-6-8-15/h9,16H,4-8H2,1-3H3.